The zero-order chi connectivity index (χ0) is 22.9. The van der Waals surface area contributed by atoms with Crippen molar-refractivity contribution in [2.45, 2.75) is 18.2 Å². The van der Waals surface area contributed by atoms with Crippen LogP contribution in [0.15, 0.2) is 75.7 Å². The molecule has 3 aromatic rings. The van der Waals surface area contributed by atoms with Crippen molar-refractivity contribution < 1.29 is 18.0 Å². The van der Waals surface area contributed by atoms with Crippen LogP contribution in [0.3, 0.4) is 0 Å². The molecule has 4 rings (SSSR count). The summed E-state index contributed by atoms with van der Waals surface area (Å²) in [6.07, 6.45) is 2.33. The van der Waals surface area contributed by atoms with Gasteiger partial charge in [-0.3, -0.25) is 14.3 Å². The number of carbonyl (C=O) groups is 2. The standard InChI is InChI=1S/C21H17ClN4O4S2/c1-2-13-3-7-15(8-4-13)26-19(27)17(22)18(20(26)28)24-14-5-9-16(10-6-14)32(29,30)25-21-23-11-12-31-21/h3-12,24H,2H2,1H3,(H,23,25). The number of imide groups is 1. The van der Waals surface area contributed by atoms with Crippen LogP contribution in [0.25, 0.3) is 0 Å². The lowest BCUT2D eigenvalue weighted by Crippen LogP contribution is -2.32. The fraction of sp³-hybridized carbons (Fsp3) is 0.0952. The average Bonchev–Trinajstić information content (AvgIpc) is 3.36. The second-order valence-corrected chi connectivity index (χ2v) is 9.70. The van der Waals surface area contributed by atoms with Gasteiger partial charge in [-0.1, -0.05) is 30.7 Å². The number of carbonyl (C=O) groups excluding carboxylic acids is 2. The monoisotopic (exact) mass is 488 g/mol. The Morgan fingerprint density at radius 1 is 1.03 bits per heavy atom. The van der Waals surface area contributed by atoms with E-state index in [1.165, 1.54) is 30.5 Å². The normalized spacial score (nSPS) is 14.2. The van der Waals surface area contributed by atoms with Crippen LogP contribution in [0.5, 0.6) is 0 Å². The quantitative estimate of drug-likeness (QED) is 0.487. The smallest absolute Gasteiger partial charge is 0.283 e. The number of hydrogen-bond donors (Lipinski definition) is 2. The van der Waals surface area contributed by atoms with Gasteiger partial charge in [0.25, 0.3) is 21.8 Å². The van der Waals surface area contributed by atoms with E-state index in [9.17, 15) is 18.0 Å². The fourth-order valence-electron chi connectivity index (χ4n) is 3.04. The third kappa shape index (κ3) is 4.24. The molecule has 0 atom stereocenters. The first-order chi connectivity index (χ1) is 15.3. The molecule has 2 aromatic carbocycles. The molecule has 32 heavy (non-hydrogen) atoms. The summed E-state index contributed by atoms with van der Waals surface area (Å²) in [5.74, 6) is -1.22. The molecule has 0 radical (unpaired) electrons. The first kappa shape index (κ1) is 22.0. The van der Waals surface area contributed by atoms with Gasteiger partial charge in [-0.2, -0.15) is 0 Å². The van der Waals surface area contributed by atoms with Gasteiger partial charge in [0.2, 0.25) is 0 Å². The molecule has 2 heterocycles. The number of aryl methyl sites for hydroxylation is 1. The van der Waals surface area contributed by atoms with Crippen molar-refractivity contribution >= 4 is 61.3 Å². The van der Waals surface area contributed by atoms with E-state index in [0.717, 1.165) is 28.2 Å². The number of rotatable bonds is 7. The summed E-state index contributed by atoms with van der Waals surface area (Å²) < 4.78 is 27.3. The molecule has 2 amide bonds. The van der Waals surface area contributed by atoms with Gasteiger partial charge < -0.3 is 5.32 Å². The van der Waals surface area contributed by atoms with Gasteiger partial charge >= 0.3 is 0 Å². The molecule has 0 aliphatic carbocycles. The molecule has 0 saturated heterocycles. The molecule has 0 fully saturated rings. The third-order valence-corrected chi connectivity index (χ3v) is 7.24. The van der Waals surface area contributed by atoms with E-state index in [4.69, 9.17) is 11.6 Å². The van der Waals surface area contributed by atoms with Gasteiger partial charge in [0.1, 0.15) is 10.7 Å². The van der Waals surface area contributed by atoms with Gasteiger partial charge in [0, 0.05) is 17.3 Å². The summed E-state index contributed by atoms with van der Waals surface area (Å²) in [4.78, 5) is 30.4. The molecular weight excluding hydrogens is 472 g/mol. The second-order valence-electron chi connectivity index (χ2n) is 6.75. The molecule has 0 bridgehead atoms. The van der Waals surface area contributed by atoms with Crippen molar-refractivity contribution in [1.82, 2.24) is 4.98 Å². The van der Waals surface area contributed by atoms with Gasteiger partial charge in [-0.15, -0.1) is 11.3 Å². The first-order valence-corrected chi connectivity index (χ1v) is 12.2. The SMILES string of the molecule is CCc1ccc(N2C(=O)C(Cl)=C(Nc3ccc(S(=O)(=O)Nc4nccs4)cc3)C2=O)cc1. The van der Waals surface area contributed by atoms with E-state index in [1.54, 1.807) is 17.5 Å². The minimum atomic E-state index is -3.81. The van der Waals surface area contributed by atoms with Gasteiger partial charge in [-0.25, -0.2) is 18.3 Å². The number of nitrogens with one attached hydrogen (secondary N) is 2. The van der Waals surface area contributed by atoms with E-state index >= 15 is 0 Å². The van der Waals surface area contributed by atoms with E-state index in [-0.39, 0.29) is 20.8 Å². The van der Waals surface area contributed by atoms with Crippen LogP contribution >= 0.6 is 22.9 Å². The summed E-state index contributed by atoms with van der Waals surface area (Å²) in [5, 5.41) is 4.50. The molecule has 1 aliphatic heterocycles. The van der Waals surface area contributed by atoms with Gasteiger partial charge in [0.15, 0.2) is 5.13 Å². The molecule has 164 valence electrons. The molecule has 0 saturated carbocycles. The second kappa shape index (κ2) is 8.73. The van der Waals surface area contributed by atoms with Crippen LogP contribution < -0.4 is 14.9 Å². The van der Waals surface area contributed by atoms with E-state index in [1.807, 2.05) is 19.1 Å². The van der Waals surface area contributed by atoms with Crippen LogP contribution in [0.4, 0.5) is 16.5 Å². The van der Waals surface area contributed by atoms with Crippen molar-refractivity contribution in [2.24, 2.45) is 0 Å². The Hall–Kier alpha value is -3.21. The Bertz CT molecular complexity index is 1300. The van der Waals surface area contributed by atoms with Crippen LogP contribution in [-0.2, 0) is 26.0 Å². The number of anilines is 3. The third-order valence-electron chi connectivity index (χ3n) is 4.72. The number of halogens is 1. The van der Waals surface area contributed by atoms with Crippen LogP contribution in [0.1, 0.15) is 12.5 Å². The van der Waals surface area contributed by atoms with E-state index < -0.39 is 21.8 Å². The maximum Gasteiger partial charge on any atom is 0.283 e. The van der Waals surface area contributed by atoms with Crippen molar-refractivity contribution in [3.63, 3.8) is 0 Å². The minimum absolute atomic E-state index is 0.0183. The Labute approximate surface area is 193 Å². The van der Waals surface area contributed by atoms with Crippen molar-refractivity contribution in [1.29, 1.82) is 0 Å². The largest absolute Gasteiger partial charge is 0.350 e. The predicted molar refractivity (Wildman–Crippen MR) is 124 cm³/mol. The summed E-state index contributed by atoms with van der Waals surface area (Å²) in [5.41, 5.74) is 1.81. The molecule has 0 spiro atoms. The summed E-state index contributed by atoms with van der Waals surface area (Å²) >= 11 is 7.31. The molecule has 2 N–H and O–H groups in total. The highest BCUT2D eigenvalue weighted by molar-refractivity contribution is 7.93. The first-order valence-electron chi connectivity index (χ1n) is 9.47. The maximum absolute atomic E-state index is 12.9. The molecule has 11 heteroatoms. The summed E-state index contributed by atoms with van der Waals surface area (Å²) in [6, 6.07) is 12.8. The van der Waals surface area contributed by atoms with Crippen LogP contribution in [-0.4, -0.2) is 25.2 Å². The maximum atomic E-state index is 12.9. The predicted octanol–water partition coefficient (Wildman–Crippen LogP) is 3.94. The van der Waals surface area contributed by atoms with Crippen LogP contribution in [0.2, 0.25) is 0 Å². The van der Waals surface area contributed by atoms with E-state index in [2.05, 4.69) is 15.0 Å². The molecule has 1 aromatic heterocycles. The molecule has 0 unspecified atom stereocenters. The van der Waals surface area contributed by atoms with Gasteiger partial charge in [-0.05, 0) is 48.4 Å². The molecular formula is C21H17ClN4O4S2. The minimum Gasteiger partial charge on any atom is -0.350 e. The summed E-state index contributed by atoms with van der Waals surface area (Å²) in [6.45, 7) is 2.01. The Morgan fingerprint density at radius 2 is 1.72 bits per heavy atom. The zero-order valence-corrected chi connectivity index (χ0v) is 19.1. The Kier molecular flexibility index (Phi) is 6.00. The van der Waals surface area contributed by atoms with Crippen LogP contribution in [0, 0.1) is 0 Å². The van der Waals surface area contributed by atoms with Crippen molar-refractivity contribution in [3.05, 3.63) is 76.4 Å². The highest BCUT2D eigenvalue weighted by Crippen LogP contribution is 2.30. The van der Waals surface area contributed by atoms with E-state index in [0.29, 0.717) is 11.4 Å². The zero-order valence-electron chi connectivity index (χ0n) is 16.7. The number of aromatic nitrogens is 1. The molecule has 1 aliphatic rings. The Balaban J connectivity index is 1.52. The number of amides is 2. The lowest BCUT2D eigenvalue weighted by atomic mass is 10.1. The average molecular weight is 489 g/mol. The number of nitrogens with zero attached hydrogens (tertiary/aromatic N) is 2. The number of benzene rings is 2. The lowest BCUT2D eigenvalue weighted by molar-refractivity contribution is -0.120. The lowest BCUT2D eigenvalue weighted by Gasteiger charge is -2.15. The highest BCUT2D eigenvalue weighted by Gasteiger charge is 2.38. The summed E-state index contributed by atoms with van der Waals surface area (Å²) in [7, 11) is -3.81. The fourth-order valence-corrected chi connectivity index (χ4v) is 5.04. The Morgan fingerprint density at radius 3 is 2.31 bits per heavy atom. The number of thiazole rings is 1. The number of sulfonamides is 1. The highest BCUT2D eigenvalue weighted by atomic mass is 35.5. The van der Waals surface area contributed by atoms with Crippen molar-refractivity contribution in [3.8, 4) is 0 Å². The topological polar surface area (TPSA) is 108 Å². The molecule has 8 nitrogen and oxygen atoms in total. The van der Waals surface area contributed by atoms with Crippen molar-refractivity contribution in [2.75, 3.05) is 14.9 Å². The number of hydrogen-bond acceptors (Lipinski definition) is 7. The van der Waals surface area contributed by atoms with Gasteiger partial charge in [0.05, 0.1) is 10.6 Å².